The first-order valence-corrected chi connectivity index (χ1v) is 7.80. The highest BCUT2D eigenvalue weighted by atomic mass is 35.5. The Balaban J connectivity index is 2.51. The quantitative estimate of drug-likeness (QED) is 0.803. The van der Waals surface area contributed by atoms with Gasteiger partial charge in [-0.15, -0.1) is 0 Å². The number of hydrogen-bond donors (Lipinski definition) is 0. The van der Waals surface area contributed by atoms with Crippen LogP contribution < -0.4 is 0 Å². The van der Waals surface area contributed by atoms with E-state index in [-0.39, 0.29) is 4.90 Å². The van der Waals surface area contributed by atoms with Crippen LogP contribution in [0.1, 0.15) is 16.5 Å². The largest absolute Gasteiger partial charge is 0.350 e. The summed E-state index contributed by atoms with van der Waals surface area (Å²) in [5.74, 6) is 0. The summed E-state index contributed by atoms with van der Waals surface area (Å²) in [4.78, 5) is 3.42. The molecular formula is C15H12ClNO2S. The van der Waals surface area contributed by atoms with Crippen molar-refractivity contribution in [3.63, 3.8) is 0 Å². The zero-order chi connectivity index (χ0) is 14.8. The molecule has 0 unspecified atom stereocenters. The molecule has 0 bridgehead atoms. The van der Waals surface area contributed by atoms with Crippen LogP contribution in [0.25, 0.3) is 4.85 Å². The van der Waals surface area contributed by atoms with Gasteiger partial charge in [0.25, 0.3) is 9.84 Å². The van der Waals surface area contributed by atoms with Crippen LogP contribution in [0, 0.1) is 13.5 Å². The lowest BCUT2D eigenvalue weighted by molar-refractivity contribution is 0.590. The van der Waals surface area contributed by atoms with E-state index in [1.807, 2.05) is 6.92 Å². The van der Waals surface area contributed by atoms with Crippen LogP contribution in [-0.2, 0) is 9.84 Å². The third-order valence-electron chi connectivity index (χ3n) is 2.89. The van der Waals surface area contributed by atoms with Crippen LogP contribution in [0.2, 0.25) is 5.02 Å². The summed E-state index contributed by atoms with van der Waals surface area (Å²) in [6.45, 7) is 9.09. The molecule has 0 spiro atoms. The Hall–Kier alpha value is -1.83. The van der Waals surface area contributed by atoms with Gasteiger partial charge in [0.1, 0.15) is 0 Å². The predicted molar refractivity (Wildman–Crippen MR) is 79.2 cm³/mol. The van der Waals surface area contributed by atoms with Gasteiger partial charge in [0.15, 0.2) is 0 Å². The molecule has 0 aliphatic rings. The zero-order valence-electron chi connectivity index (χ0n) is 10.7. The maximum absolute atomic E-state index is 12.5. The number of nitrogens with zero attached hydrogens (tertiary/aromatic N) is 1. The summed E-state index contributed by atoms with van der Waals surface area (Å²) in [7, 11) is -3.75. The topological polar surface area (TPSA) is 38.5 Å². The van der Waals surface area contributed by atoms with Crippen molar-refractivity contribution in [2.75, 3.05) is 0 Å². The average Bonchev–Trinajstić information content (AvgIpc) is 2.40. The lowest BCUT2D eigenvalue weighted by atomic mass is 10.2. The molecule has 20 heavy (non-hydrogen) atoms. The van der Waals surface area contributed by atoms with Gasteiger partial charge in [0.05, 0.1) is 10.5 Å². The van der Waals surface area contributed by atoms with E-state index in [2.05, 4.69) is 4.85 Å². The summed E-state index contributed by atoms with van der Waals surface area (Å²) in [5.41, 5.74) is 1.35. The summed E-state index contributed by atoms with van der Waals surface area (Å²) < 4.78 is 25.1. The number of halogens is 1. The molecule has 1 atom stereocenters. The summed E-state index contributed by atoms with van der Waals surface area (Å²) in [5, 5.41) is -0.862. The van der Waals surface area contributed by atoms with Crippen molar-refractivity contribution in [2.45, 2.75) is 17.2 Å². The van der Waals surface area contributed by atoms with Gasteiger partial charge in [-0.2, -0.15) is 0 Å². The summed E-state index contributed by atoms with van der Waals surface area (Å²) in [6.07, 6.45) is 0. The van der Waals surface area contributed by atoms with E-state index in [1.54, 1.807) is 30.3 Å². The smallest absolute Gasteiger partial charge is 0.291 e. The van der Waals surface area contributed by atoms with E-state index in [1.165, 1.54) is 18.2 Å². The van der Waals surface area contributed by atoms with Crippen molar-refractivity contribution in [2.24, 2.45) is 0 Å². The normalized spacial score (nSPS) is 12.7. The Morgan fingerprint density at radius 1 is 1.15 bits per heavy atom. The predicted octanol–water partition coefficient (Wildman–Crippen LogP) is 4.04. The van der Waals surface area contributed by atoms with E-state index in [9.17, 15) is 8.42 Å². The minimum Gasteiger partial charge on any atom is -0.291 e. The molecule has 0 amide bonds. The van der Waals surface area contributed by atoms with Gasteiger partial charge < -0.3 is 0 Å². The van der Waals surface area contributed by atoms with Crippen molar-refractivity contribution in [1.29, 1.82) is 0 Å². The van der Waals surface area contributed by atoms with E-state index in [0.29, 0.717) is 10.6 Å². The molecular weight excluding hydrogens is 294 g/mol. The van der Waals surface area contributed by atoms with Crippen LogP contribution in [-0.4, -0.2) is 8.42 Å². The highest BCUT2D eigenvalue weighted by molar-refractivity contribution is 7.91. The Morgan fingerprint density at radius 2 is 1.80 bits per heavy atom. The van der Waals surface area contributed by atoms with Crippen LogP contribution >= 0.6 is 11.6 Å². The highest BCUT2D eigenvalue weighted by Crippen LogP contribution is 2.31. The first-order valence-electron chi connectivity index (χ1n) is 5.88. The van der Waals surface area contributed by atoms with Crippen molar-refractivity contribution in [3.05, 3.63) is 76.1 Å². The molecule has 2 rings (SSSR count). The van der Waals surface area contributed by atoms with E-state index >= 15 is 0 Å². The maximum Gasteiger partial charge on any atom is 0.350 e. The first-order chi connectivity index (χ1) is 9.45. The zero-order valence-corrected chi connectivity index (χ0v) is 12.3. The fraction of sp³-hybridized carbons (Fsp3) is 0.133. The molecule has 3 nitrogen and oxygen atoms in total. The Labute approximate surface area is 123 Å². The molecule has 102 valence electrons. The van der Waals surface area contributed by atoms with Gasteiger partial charge >= 0.3 is 5.37 Å². The number of sulfone groups is 1. The first kappa shape index (κ1) is 14.6. The maximum atomic E-state index is 12.5. The van der Waals surface area contributed by atoms with Crippen molar-refractivity contribution < 1.29 is 8.42 Å². The lowest BCUT2D eigenvalue weighted by Crippen LogP contribution is -2.10. The fourth-order valence-corrected chi connectivity index (χ4v) is 3.46. The third kappa shape index (κ3) is 2.84. The second kappa shape index (κ2) is 5.66. The van der Waals surface area contributed by atoms with Crippen LogP contribution in [0.5, 0.6) is 0 Å². The second-order valence-corrected chi connectivity index (χ2v) is 6.84. The van der Waals surface area contributed by atoms with E-state index < -0.39 is 15.2 Å². The molecule has 0 aromatic heterocycles. The number of aryl methyl sites for hydroxylation is 1. The third-order valence-corrected chi connectivity index (χ3v) is 5.02. The monoisotopic (exact) mass is 305 g/mol. The van der Waals surface area contributed by atoms with E-state index in [4.69, 9.17) is 18.2 Å². The Morgan fingerprint density at radius 3 is 2.35 bits per heavy atom. The Bertz CT molecular complexity index is 761. The molecule has 2 aromatic carbocycles. The molecule has 0 aliphatic carbocycles. The molecule has 2 aromatic rings. The van der Waals surface area contributed by atoms with Crippen LogP contribution in [0.3, 0.4) is 0 Å². The summed E-state index contributed by atoms with van der Waals surface area (Å²) in [6, 6.07) is 12.9. The highest BCUT2D eigenvalue weighted by Gasteiger charge is 2.34. The molecule has 0 saturated heterocycles. The minimum atomic E-state index is -3.75. The Kier molecular flexibility index (Phi) is 4.12. The molecule has 0 saturated carbocycles. The van der Waals surface area contributed by atoms with Gasteiger partial charge in [0.2, 0.25) is 0 Å². The van der Waals surface area contributed by atoms with Crippen molar-refractivity contribution >= 4 is 21.4 Å². The lowest BCUT2D eigenvalue weighted by Gasteiger charge is -2.08. The van der Waals surface area contributed by atoms with Crippen molar-refractivity contribution in [3.8, 4) is 0 Å². The minimum absolute atomic E-state index is 0.143. The molecule has 0 aliphatic heterocycles. The number of rotatable bonds is 3. The van der Waals surface area contributed by atoms with Crippen LogP contribution in [0.4, 0.5) is 0 Å². The molecule has 5 heteroatoms. The van der Waals surface area contributed by atoms with Gasteiger partial charge in [-0.1, -0.05) is 35.4 Å². The van der Waals surface area contributed by atoms with E-state index in [0.717, 1.165) is 5.56 Å². The van der Waals surface area contributed by atoms with Crippen LogP contribution in [0.15, 0.2) is 53.4 Å². The number of benzene rings is 2. The average molecular weight is 306 g/mol. The molecule has 0 heterocycles. The van der Waals surface area contributed by atoms with Gasteiger partial charge in [-0.05, 0) is 37.3 Å². The van der Waals surface area contributed by atoms with Crippen molar-refractivity contribution in [1.82, 2.24) is 0 Å². The SMILES string of the molecule is [C-]#[N+][C@@H](c1cccc(Cl)c1)S(=O)(=O)c1ccc(C)cc1. The fourth-order valence-electron chi connectivity index (χ4n) is 1.84. The second-order valence-electron chi connectivity index (χ2n) is 4.39. The standard InChI is InChI=1S/C15H12ClNO2S/c1-11-6-8-14(9-7-11)20(18,19)15(17-2)12-4-3-5-13(16)10-12/h3-10,15H,1H3/t15-/m1/s1. The van der Waals surface area contributed by atoms with Gasteiger partial charge in [0, 0.05) is 5.02 Å². The molecule has 0 fully saturated rings. The van der Waals surface area contributed by atoms with Gasteiger partial charge in [-0.3, -0.25) is 4.85 Å². The van der Waals surface area contributed by atoms with Gasteiger partial charge in [-0.25, -0.2) is 15.0 Å². The summed E-state index contributed by atoms with van der Waals surface area (Å²) >= 11 is 5.87. The molecule has 0 N–H and O–H groups in total. The molecule has 0 radical (unpaired) electrons. The number of hydrogen-bond acceptors (Lipinski definition) is 2.